The van der Waals surface area contributed by atoms with Gasteiger partial charge in [0.15, 0.2) is 0 Å². The van der Waals surface area contributed by atoms with Gasteiger partial charge in [-0.05, 0) is 48.2 Å². The highest BCUT2D eigenvalue weighted by atomic mass is 35.5. The lowest BCUT2D eigenvalue weighted by molar-refractivity contribution is -0.140. The van der Waals surface area contributed by atoms with Crippen LogP contribution in [0.2, 0.25) is 20.1 Å². The maximum atomic E-state index is 13.3. The molecule has 2 rings (SSSR count). The highest BCUT2D eigenvalue weighted by Crippen LogP contribution is 2.26. The van der Waals surface area contributed by atoms with E-state index in [1.807, 2.05) is 6.92 Å². The number of nitrogens with one attached hydrogen (secondary N) is 1. The molecule has 0 saturated carbocycles. The van der Waals surface area contributed by atoms with E-state index in [9.17, 15) is 9.59 Å². The van der Waals surface area contributed by atoms with Gasteiger partial charge in [-0.3, -0.25) is 9.59 Å². The SMILES string of the molecule is CCCCNC(=O)[C@H](CC)N(Cc1ccc(Cl)c(Cl)c1)C(=O)Cc1ccc(Cl)cc1Cl. The van der Waals surface area contributed by atoms with E-state index in [-0.39, 0.29) is 24.8 Å². The molecular weight excluding hydrogens is 478 g/mol. The van der Waals surface area contributed by atoms with Gasteiger partial charge in [-0.2, -0.15) is 0 Å². The fraction of sp³-hybridized carbons (Fsp3) is 0.391. The first-order chi connectivity index (χ1) is 14.8. The summed E-state index contributed by atoms with van der Waals surface area (Å²) in [6.45, 7) is 4.73. The van der Waals surface area contributed by atoms with Gasteiger partial charge in [0.2, 0.25) is 11.8 Å². The average molecular weight is 504 g/mol. The monoisotopic (exact) mass is 502 g/mol. The summed E-state index contributed by atoms with van der Waals surface area (Å²) in [5, 5.41) is 4.67. The smallest absolute Gasteiger partial charge is 0.242 e. The van der Waals surface area contributed by atoms with Crippen molar-refractivity contribution in [3.05, 3.63) is 67.6 Å². The van der Waals surface area contributed by atoms with E-state index in [0.717, 1.165) is 18.4 Å². The lowest BCUT2D eigenvalue weighted by atomic mass is 10.1. The number of hydrogen-bond donors (Lipinski definition) is 1. The molecule has 168 valence electrons. The number of carbonyl (C=O) groups excluding carboxylic acids is 2. The molecule has 0 radical (unpaired) electrons. The molecule has 0 spiro atoms. The first kappa shape index (κ1) is 25.8. The number of hydrogen-bond acceptors (Lipinski definition) is 2. The Hall–Kier alpha value is -1.46. The van der Waals surface area contributed by atoms with E-state index in [1.54, 1.807) is 41.3 Å². The highest BCUT2D eigenvalue weighted by molar-refractivity contribution is 6.42. The van der Waals surface area contributed by atoms with Crippen LogP contribution < -0.4 is 5.32 Å². The summed E-state index contributed by atoms with van der Waals surface area (Å²) in [5.41, 5.74) is 1.43. The van der Waals surface area contributed by atoms with Gasteiger partial charge in [0.1, 0.15) is 6.04 Å². The third-order valence-corrected chi connectivity index (χ3v) is 6.24. The maximum absolute atomic E-state index is 13.3. The molecule has 0 aliphatic carbocycles. The molecule has 0 aromatic heterocycles. The van der Waals surface area contributed by atoms with Crippen molar-refractivity contribution in [2.24, 2.45) is 0 Å². The van der Waals surface area contributed by atoms with Gasteiger partial charge in [-0.25, -0.2) is 0 Å². The third-order valence-electron chi connectivity index (χ3n) is 4.91. The summed E-state index contributed by atoms with van der Waals surface area (Å²) in [5.74, 6) is -0.389. The molecule has 0 heterocycles. The van der Waals surface area contributed by atoms with E-state index in [2.05, 4.69) is 12.2 Å². The van der Waals surface area contributed by atoms with E-state index in [1.165, 1.54) is 0 Å². The second kappa shape index (κ2) is 12.5. The topological polar surface area (TPSA) is 49.4 Å². The number of rotatable bonds is 10. The molecule has 0 saturated heterocycles. The average Bonchev–Trinajstić information content (AvgIpc) is 2.72. The molecule has 0 aliphatic rings. The summed E-state index contributed by atoms with van der Waals surface area (Å²) in [4.78, 5) is 27.8. The predicted octanol–water partition coefficient (Wildman–Crippen LogP) is 6.57. The van der Waals surface area contributed by atoms with Crippen molar-refractivity contribution in [1.82, 2.24) is 10.2 Å². The molecule has 2 aromatic rings. The van der Waals surface area contributed by atoms with Gasteiger partial charge in [0.25, 0.3) is 0 Å². The standard InChI is InChI=1S/C23H26Cl4N2O2/c1-3-5-10-28-23(31)21(4-2)29(14-15-6-9-18(25)20(27)11-15)22(30)12-16-7-8-17(24)13-19(16)26/h6-9,11,13,21H,3-5,10,12,14H2,1-2H3,(H,28,31)/t21-/m0/s1. The van der Waals surface area contributed by atoms with E-state index >= 15 is 0 Å². The highest BCUT2D eigenvalue weighted by Gasteiger charge is 2.29. The van der Waals surface area contributed by atoms with Crippen LogP contribution in [0.15, 0.2) is 36.4 Å². The number of unbranched alkanes of at least 4 members (excludes halogenated alkanes) is 1. The fourth-order valence-corrected chi connectivity index (χ4v) is 3.99. The molecule has 0 unspecified atom stereocenters. The summed E-state index contributed by atoms with van der Waals surface area (Å²) in [6, 6.07) is 9.58. The van der Waals surface area contributed by atoms with Crippen LogP contribution in [0.1, 0.15) is 44.2 Å². The third kappa shape index (κ3) is 7.57. The van der Waals surface area contributed by atoms with Crippen LogP contribution in [0.3, 0.4) is 0 Å². The largest absolute Gasteiger partial charge is 0.354 e. The molecule has 1 N–H and O–H groups in total. The fourth-order valence-electron chi connectivity index (χ4n) is 3.19. The second-order valence-electron chi connectivity index (χ2n) is 7.25. The molecule has 4 nitrogen and oxygen atoms in total. The van der Waals surface area contributed by atoms with Gasteiger partial charge in [0, 0.05) is 23.1 Å². The van der Waals surface area contributed by atoms with Gasteiger partial charge in [0.05, 0.1) is 16.5 Å². The Morgan fingerprint density at radius 1 is 0.968 bits per heavy atom. The van der Waals surface area contributed by atoms with Crippen molar-refractivity contribution >= 4 is 58.2 Å². The summed E-state index contributed by atoms with van der Waals surface area (Å²) in [7, 11) is 0. The van der Waals surface area contributed by atoms with Crippen LogP contribution in [0.25, 0.3) is 0 Å². The Balaban J connectivity index is 2.31. The van der Waals surface area contributed by atoms with E-state index in [4.69, 9.17) is 46.4 Å². The van der Waals surface area contributed by atoms with Crippen LogP contribution in [0.5, 0.6) is 0 Å². The van der Waals surface area contributed by atoms with Gasteiger partial charge >= 0.3 is 0 Å². The van der Waals surface area contributed by atoms with Crippen LogP contribution in [0, 0.1) is 0 Å². The van der Waals surface area contributed by atoms with Crippen LogP contribution >= 0.6 is 46.4 Å². The zero-order valence-electron chi connectivity index (χ0n) is 17.6. The van der Waals surface area contributed by atoms with Crippen LogP contribution in [-0.4, -0.2) is 29.3 Å². The predicted molar refractivity (Wildman–Crippen MR) is 129 cm³/mol. The normalized spacial score (nSPS) is 11.8. The number of amides is 2. The van der Waals surface area contributed by atoms with Crippen molar-refractivity contribution in [2.45, 2.75) is 52.1 Å². The van der Waals surface area contributed by atoms with Crippen LogP contribution in [-0.2, 0) is 22.6 Å². The minimum absolute atomic E-state index is 0.0517. The molecular formula is C23H26Cl4N2O2. The molecule has 2 amide bonds. The zero-order chi connectivity index (χ0) is 23.0. The van der Waals surface area contributed by atoms with Crippen molar-refractivity contribution in [2.75, 3.05) is 6.54 Å². The number of halogens is 4. The van der Waals surface area contributed by atoms with Crippen molar-refractivity contribution in [1.29, 1.82) is 0 Å². The summed E-state index contributed by atoms with van der Waals surface area (Å²) < 4.78 is 0. The Morgan fingerprint density at radius 3 is 2.32 bits per heavy atom. The molecule has 31 heavy (non-hydrogen) atoms. The van der Waals surface area contributed by atoms with Gasteiger partial charge < -0.3 is 10.2 Å². The molecule has 0 aliphatic heterocycles. The van der Waals surface area contributed by atoms with E-state index in [0.29, 0.717) is 38.6 Å². The number of nitrogens with zero attached hydrogens (tertiary/aromatic N) is 1. The second-order valence-corrected chi connectivity index (χ2v) is 8.91. The minimum Gasteiger partial charge on any atom is -0.354 e. The first-order valence-electron chi connectivity index (χ1n) is 10.2. The quantitative estimate of drug-likeness (QED) is 0.373. The molecule has 2 aromatic carbocycles. The van der Waals surface area contributed by atoms with Gasteiger partial charge in [-0.15, -0.1) is 0 Å². The summed E-state index contributed by atoms with van der Waals surface area (Å²) >= 11 is 24.4. The number of benzene rings is 2. The molecule has 1 atom stereocenters. The molecule has 0 fully saturated rings. The lowest BCUT2D eigenvalue weighted by Crippen LogP contribution is -2.49. The maximum Gasteiger partial charge on any atom is 0.242 e. The van der Waals surface area contributed by atoms with Crippen molar-refractivity contribution in [3.63, 3.8) is 0 Å². The Labute approximate surface area is 203 Å². The summed E-state index contributed by atoms with van der Waals surface area (Å²) in [6.07, 6.45) is 2.37. The number of carbonyl (C=O) groups is 2. The van der Waals surface area contributed by atoms with E-state index < -0.39 is 6.04 Å². The first-order valence-corrected chi connectivity index (χ1v) is 11.7. The Kier molecular flexibility index (Phi) is 10.4. The Bertz CT molecular complexity index is 920. The zero-order valence-corrected chi connectivity index (χ0v) is 20.6. The lowest BCUT2D eigenvalue weighted by Gasteiger charge is -2.31. The minimum atomic E-state index is -0.620. The van der Waals surface area contributed by atoms with Crippen molar-refractivity contribution < 1.29 is 9.59 Å². The molecule has 8 heteroatoms. The molecule has 0 bridgehead atoms. The van der Waals surface area contributed by atoms with Crippen molar-refractivity contribution in [3.8, 4) is 0 Å². The van der Waals surface area contributed by atoms with Crippen LogP contribution in [0.4, 0.5) is 0 Å². The van der Waals surface area contributed by atoms with Gasteiger partial charge in [-0.1, -0.05) is 78.8 Å². The Morgan fingerprint density at radius 2 is 1.71 bits per heavy atom.